The minimum atomic E-state index is 1.00. The molecule has 0 bridgehead atoms. The molecule has 0 saturated heterocycles. The van der Waals surface area contributed by atoms with Gasteiger partial charge >= 0.3 is 0 Å². The topological polar surface area (TPSA) is 0 Å². The Kier molecular flexibility index (Phi) is 3.51. The van der Waals surface area contributed by atoms with Crippen molar-refractivity contribution < 1.29 is 0 Å². The molecule has 0 heteroatoms. The van der Waals surface area contributed by atoms with Crippen LogP contribution >= 0.6 is 0 Å². The van der Waals surface area contributed by atoms with Crippen LogP contribution in [0, 0.1) is 25.7 Å². The fourth-order valence-corrected chi connectivity index (χ4v) is 3.53. The lowest BCUT2D eigenvalue weighted by molar-refractivity contribution is 1.18. The molecule has 0 atom stereocenters. The van der Waals surface area contributed by atoms with Crippen molar-refractivity contribution in [1.29, 1.82) is 0 Å². The van der Waals surface area contributed by atoms with Crippen molar-refractivity contribution in [1.82, 2.24) is 0 Å². The monoisotopic (exact) mass is 308 g/mol. The highest BCUT2D eigenvalue weighted by Crippen LogP contribution is 2.34. The third kappa shape index (κ3) is 2.63. The van der Waals surface area contributed by atoms with Gasteiger partial charge in [-0.3, -0.25) is 0 Å². The van der Waals surface area contributed by atoms with Crippen LogP contribution in [0.1, 0.15) is 33.4 Å². The van der Waals surface area contributed by atoms with Crippen LogP contribution in [-0.2, 0) is 12.8 Å². The smallest absolute Gasteiger partial charge is 0.0255 e. The molecule has 0 nitrogen and oxygen atoms in total. The van der Waals surface area contributed by atoms with Crippen LogP contribution in [0.5, 0.6) is 0 Å². The van der Waals surface area contributed by atoms with Gasteiger partial charge in [-0.15, -0.1) is 0 Å². The van der Waals surface area contributed by atoms with E-state index in [1.54, 1.807) is 0 Å². The first-order valence-electron chi connectivity index (χ1n) is 8.40. The van der Waals surface area contributed by atoms with E-state index in [1.165, 1.54) is 38.6 Å². The molecule has 1 aliphatic rings. The maximum Gasteiger partial charge on any atom is 0.0255 e. The van der Waals surface area contributed by atoms with Gasteiger partial charge in [0.15, 0.2) is 0 Å². The van der Waals surface area contributed by atoms with Crippen LogP contribution in [0.3, 0.4) is 0 Å². The van der Waals surface area contributed by atoms with Crippen molar-refractivity contribution in [3.8, 4) is 11.8 Å². The molecular formula is C24H20. The number of allylic oxidation sites excluding steroid dienone is 1. The minimum Gasteiger partial charge on any atom is -0.0992 e. The van der Waals surface area contributed by atoms with Crippen LogP contribution in [0.25, 0.3) is 10.8 Å². The Morgan fingerprint density at radius 2 is 1.46 bits per heavy atom. The predicted octanol–water partition coefficient (Wildman–Crippen LogP) is 5.51. The van der Waals surface area contributed by atoms with Crippen molar-refractivity contribution in [3.05, 3.63) is 94.1 Å². The van der Waals surface area contributed by atoms with E-state index in [1.807, 2.05) is 0 Å². The van der Waals surface area contributed by atoms with Gasteiger partial charge in [0.05, 0.1) is 0 Å². The van der Waals surface area contributed by atoms with E-state index >= 15 is 0 Å². The van der Waals surface area contributed by atoms with Gasteiger partial charge in [0, 0.05) is 11.1 Å². The highest BCUT2D eigenvalue weighted by molar-refractivity contribution is 5.90. The van der Waals surface area contributed by atoms with Crippen molar-refractivity contribution >= 4 is 10.8 Å². The summed E-state index contributed by atoms with van der Waals surface area (Å²) in [5.74, 6) is 6.59. The lowest BCUT2D eigenvalue weighted by Gasteiger charge is -2.09. The molecule has 0 saturated carbocycles. The summed E-state index contributed by atoms with van der Waals surface area (Å²) in [5, 5.41) is 2.65. The summed E-state index contributed by atoms with van der Waals surface area (Å²) < 4.78 is 0. The quantitative estimate of drug-likeness (QED) is 0.379. The maximum absolute atomic E-state index is 4.19. The molecule has 24 heavy (non-hydrogen) atoms. The first kappa shape index (κ1) is 14.8. The molecule has 0 spiro atoms. The van der Waals surface area contributed by atoms with E-state index in [2.05, 4.69) is 80.8 Å². The van der Waals surface area contributed by atoms with Gasteiger partial charge < -0.3 is 0 Å². The second kappa shape index (κ2) is 5.69. The number of benzene rings is 3. The molecule has 0 radical (unpaired) electrons. The Morgan fingerprint density at radius 3 is 2.25 bits per heavy atom. The minimum absolute atomic E-state index is 1.00. The fraction of sp³-hybridized carbons (Fsp3) is 0.167. The van der Waals surface area contributed by atoms with E-state index in [0.717, 1.165) is 24.0 Å². The predicted molar refractivity (Wildman–Crippen MR) is 102 cm³/mol. The number of fused-ring (bicyclic) bond motifs is 3. The number of rotatable bonds is 0. The molecule has 0 fully saturated rings. The van der Waals surface area contributed by atoms with E-state index < -0.39 is 0 Å². The zero-order valence-electron chi connectivity index (χ0n) is 14.2. The van der Waals surface area contributed by atoms with E-state index in [9.17, 15) is 0 Å². The molecule has 0 amide bonds. The van der Waals surface area contributed by atoms with Gasteiger partial charge in [-0.25, -0.2) is 0 Å². The maximum atomic E-state index is 4.19. The molecule has 0 unspecified atom stereocenters. The Bertz CT molecular complexity index is 1020. The molecule has 0 aliphatic heterocycles. The fourth-order valence-electron chi connectivity index (χ4n) is 3.53. The number of hydrogen-bond acceptors (Lipinski definition) is 0. The molecular weight excluding hydrogens is 288 g/mol. The highest BCUT2D eigenvalue weighted by atomic mass is 14.2. The van der Waals surface area contributed by atoms with E-state index in [4.69, 9.17) is 0 Å². The third-order valence-electron chi connectivity index (χ3n) is 4.85. The second-order valence-electron chi connectivity index (χ2n) is 6.81. The van der Waals surface area contributed by atoms with Crippen LogP contribution in [-0.4, -0.2) is 0 Å². The molecule has 3 aromatic rings. The number of hydrogen-bond donors (Lipinski definition) is 0. The lowest BCUT2D eigenvalue weighted by atomic mass is 9.95. The van der Waals surface area contributed by atoms with Crippen molar-refractivity contribution in [2.45, 2.75) is 26.7 Å². The summed E-state index contributed by atoms with van der Waals surface area (Å²) >= 11 is 0. The Morgan fingerprint density at radius 1 is 0.792 bits per heavy atom. The largest absolute Gasteiger partial charge is 0.0992 e. The van der Waals surface area contributed by atoms with Crippen LogP contribution in [0.4, 0.5) is 0 Å². The lowest BCUT2D eigenvalue weighted by Crippen LogP contribution is -1.90. The summed E-state index contributed by atoms with van der Waals surface area (Å²) in [5.41, 5.74) is 9.02. The van der Waals surface area contributed by atoms with E-state index in [0.29, 0.717) is 0 Å². The van der Waals surface area contributed by atoms with Crippen molar-refractivity contribution in [3.63, 3.8) is 0 Å². The second-order valence-corrected chi connectivity index (χ2v) is 6.81. The molecule has 0 N–H and O–H groups in total. The normalized spacial score (nSPS) is 12.8. The Balaban J connectivity index is 1.79. The highest BCUT2D eigenvalue weighted by Gasteiger charge is 2.19. The summed E-state index contributed by atoms with van der Waals surface area (Å²) in [7, 11) is 0. The molecule has 4 rings (SSSR count). The molecule has 3 aromatic carbocycles. The summed E-state index contributed by atoms with van der Waals surface area (Å²) in [6, 6.07) is 17.2. The van der Waals surface area contributed by atoms with Crippen molar-refractivity contribution in [2.75, 3.05) is 0 Å². The zero-order chi connectivity index (χ0) is 16.7. The average molecular weight is 308 g/mol. The van der Waals surface area contributed by atoms with Gasteiger partial charge in [0.25, 0.3) is 0 Å². The van der Waals surface area contributed by atoms with Crippen molar-refractivity contribution in [2.24, 2.45) is 0 Å². The van der Waals surface area contributed by atoms with Crippen LogP contribution in [0.2, 0.25) is 0 Å². The average Bonchev–Trinajstić information content (AvgIpc) is 2.97. The number of aryl methyl sites for hydroxylation is 2. The zero-order valence-corrected chi connectivity index (χ0v) is 14.2. The first-order chi connectivity index (χ1) is 11.6. The van der Waals surface area contributed by atoms with Gasteiger partial charge in [-0.2, -0.15) is 0 Å². The molecule has 0 aromatic heterocycles. The summed E-state index contributed by atoms with van der Waals surface area (Å²) in [4.78, 5) is 0. The Labute approximate surface area is 143 Å². The summed E-state index contributed by atoms with van der Waals surface area (Å²) in [6.07, 6.45) is 2.03. The van der Waals surface area contributed by atoms with Crippen LogP contribution < -0.4 is 0 Å². The SMILES string of the molecule is C=C1Cc2c(C)cc3ccc(C#Cc4ccc(C)cc4)cc3c2C1. The first-order valence-corrected chi connectivity index (χ1v) is 8.40. The van der Waals surface area contributed by atoms with Gasteiger partial charge in [-0.1, -0.05) is 53.8 Å². The standard InChI is InChI=1S/C24H20/c1-16-4-6-19(7-5-16)8-9-20-10-11-21-14-18(3)22-12-17(2)13-24(22)23(21)15-20/h4-7,10-11,14-15H,2,12-13H2,1,3H3. The van der Waals surface area contributed by atoms with Gasteiger partial charge in [0.2, 0.25) is 0 Å². The van der Waals surface area contributed by atoms with Crippen LogP contribution in [0.15, 0.2) is 60.7 Å². The third-order valence-corrected chi connectivity index (χ3v) is 4.85. The van der Waals surface area contributed by atoms with Gasteiger partial charge in [-0.05, 0) is 78.4 Å². The van der Waals surface area contributed by atoms with Gasteiger partial charge in [0.1, 0.15) is 0 Å². The molecule has 0 heterocycles. The molecule has 1 aliphatic carbocycles. The Hall–Kier alpha value is -2.78. The van der Waals surface area contributed by atoms with E-state index in [-0.39, 0.29) is 0 Å². The summed E-state index contributed by atoms with van der Waals surface area (Å²) in [6.45, 7) is 8.50. The molecule has 116 valence electrons.